The quantitative estimate of drug-likeness (QED) is 0.119. The monoisotopic (exact) mass is 452 g/mol. The van der Waals surface area contributed by atoms with Gasteiger partial charge in [0.25, 0.3) is 0 Å². The molecule has 0 heterocycles. The minimum atomic E-state index is 0.0406. The summed E-state index contributed by atoms with van der Waals surface area (Å²) in [7, 11) is 1.90. The second-order valence-corrected chi connectivity index (χ2v) is 11.2. The van der Waals surface area contributed by atoms with Crippen LogP contribution in [0.5, 0.6) is 0 Å². The second kappa shape index (κ2) is 24.1. The molecule has 0 aromatic rings. The standard InChI is InChI=1S/C31H64O/c1-6-8-10-12-14-15-16-17-18-19-20-21-22-23-25-27-29-30(31(3,4)32-5)28-26-24-13-11-9-7-2/h30H,6-29H2,1-5H3. The van der Waals surface area contributed by atoms with Gasteiger partial charge in [0, 0.05) is 7.11 Å². The maximum atomic E-state index is 5.87. The van der Waals surface area contributed by atoms with Gasteiger partial charge in [0.1, 0.15) is 0 Å². The maximum Gasteiger partial charge on any atom is 0.0650 e. The molecule has 0 bridgehead atoms. The first-order valence-corrected chi connectivity index (χ1v) is 15.1. The van der Waals surface area contributed by atoms with Crippen molar-refractivity contribution in [3.63, 3.8) is 0 Å². The van der Waals surface area contributed by atoms with Gasteiger partial charge in [-0.2, -0.15) is 0 Å². The average molecular weight is 453 g/mol. The van der Waals surface area contributed by atoms with Gasteiger partial charge in [0.15, 0.2) is 0 Å². The third-order valence-corrected chi connectivity index (χ3v) is 7.82. The van der Waals surface area contributed by atoms with Gasteiger partial charge >= 0.3 is 0 Å². The van der Waals surface area contributed by atoms with Crippen LogP contribution in [0, 0.1) is 5.92 Å². The highest BCUT2D eigenvalue weighted by atomic mass is 16.5. The van der Waals surface area contributed by atoms with Crippen LogP contribution in [0.2, 0.25) is 0 Å². The number of ether oxygens (including phenoxy) is 1. The van der Waals surface area contributed by atoms with Crippen LogP contribution >= 0.6 is 0 Å². The summed E-state index contributed by atoms with van der Waals surface area (Å²) in [4.78, 5) is 0. The minimum absolute atomic E-state index is 0.0406. The van der Waals surface area contributed by atoms with Crippen LogP contribution in [0.1, 0.15) is 182 Å². The molecule has 1 heteroatoms. The largest absolute Gasteiger partial charge is 0.379 e. The Morgan fingerprint density at radius 3 is 0.938 bits per heavy atom. The molecular formula is C31H64O. The Labute approximate surface area is 205 Å². The van der Waals surface area contributed by atoms with Gasteiger partial charge in [-0.15, -0.1) is 0 Å². The fourth-order valence-electron chi connectivity index (χ4n) is 5.12. The van der Waals surface area contributed by atoms with Crippen molar-refractivity contribution in [1.82, 2.24) is 0 Å². The fraction of sp³-hybridized carbons (Fsp3) is 1.00. The van der Waals surface area contributed by atoms with Gasteiger partial charge in [0.2, 0.25) is 0 Å². The van der Waals surface area contributed by atoms with Crippen molar-refractivity contribution >= 4 is 0 Å². The van der Waals surface area contributed by atoms with Crippen molar-refractivity contribution in [2.24, 2.45) is 5.92 Å². The number of hydrogen-bond acceptors (Lipinski definition) is 1. The predicted octanol–water partition coefficient (Wildman–Crippen LogP) is 11.4. The molecular weight excluding hydrogens is 388 g/mol. The topological polar surface area (TPSA) is 9.23 Å². The van der Waals surface area contributed by atoms with Crippen molar-refractivity contribution < 1.29 is 4.74 Å². The molecule has 0 radical (unpaired) electrons. The Bertz CT molecular complexity index is 348. The van der Waals surface area contributed by atoms with E-state index in [0.717, 1.165) is 5.92 Å². The van der Waals surface area contributed by atoms with Crippen molar-refractivity contribution in [3.05, 3.63) is 0 Å². The first-order valence-electron chi connectivity index (χ1n) is 15.1. The molecule has 0 aromatic carbocycles. The summed E-state index contributed by atoms with van der Waals surface area (Å²) in [6, 6.07) is 0. The lowest BCUT2D eigenvalue weighted by atomic mass is 9.82. The van der Waals surface area contributed by atoms with E-state index in [1.165, 1.54) is 154 Å². The van der Waals surface area contributed by atoms with Crippen molar-refractivity contribution in [3.8, 4) is 0 Å². The van der Waals surface area contributed by atoms with Gasteiger partial charge in [-0.05, 0) is 32.6 Å². The molecule has 0 aliphatic carbocycles. The van der Waals surface area contributed by atoms with E-state index in [1.54, 1.807) is 0 Å². The van der Waals surface area contributed by atoms with E-state index in [4.69, 9.17) is 4.74 Å². The minimum Gasteiger partial charge on any atom is -0.379 e. The van der Waals surface area contributed by atoms with Crippen LogP contribution in [0.25, 0.3) is 0 Å². The maximum absolute atomic E-state index is 5.87. The molecule has 0 spiro atoms. The molecule has 0 saturated heterocycles. The Kier molecular flexibility index (Phi) is 24.1. The van der Waals surface area contributed by atoms with E-state index in [9.17, 15) is 0 Å². The summed E-state index contributed by atoms with van der Waals surface area (Å²) in [5.41, 5.74) is 0.0406. The molecule has 0 fully saturated rings. The molecule has 1 unspecified atom stereocenters. The summed E-state index contributed by atoms with van der Waals surface area (Å²) >= 11 is 0. The van der Waals surface area contributed by atoms with Crippen LogP contribution in [-0.2, 0) is 4.74 Å². The lowest BCUT2D eigenvalue weighted by molar-refractivity contribution is -0.0352. The summed E-state index contributed by atoms with van der Waals surface area (Å²) < 4.78 is 5.87. The first-order chi connectivity index (χ1) is 15.6. The summed E-state index contributed by atoms with van der Waals surface area (Å²) in [6.45, 7) is 9.22. The van der Waals surface area contributed by atoms with E-state index in [0.29, 0.717) is 0 Å². The lowest BCUT2D eigenvalue weighted by Gasteiger charge is -2.33. The zero-order valence-electron chi connectivity index (χ0n) is 23.5. The van der Waals surface area contributed by atoms with E-state index in [-0.39, 0.29) is 5.60 Å². The zero-order chi connectivity index (χ0) is 23.8. The Balaban J connectivity index is 3.58. The van der Waals surface area contributed by atoms with Crippen molar-refractivity contribution in [1.29, 1.82) is 0 Å². The van der Waals surface area contributed by atoms with Crippen LogP contribution in [0.3, 0.4) is 0 Å². The Morgan fingerprint density at radius 1 is 0.438 bits per heavy atom. The average Bonchev–Trinajstić information content (AvgIpc) is 2.79. The molecule has 0 saturated carbocycles. The van der Waals surface area contributed by atoms with E-state index >= 15 is 0 Å². The van der Waals surface area contributed by atoms with Crippen molar-refractivity contribution in [2.45, 2.75) is 187 Å². The van der Waals surface area contributed by atoms with Gasteiger partial charge in [0.05, 0.1) is 5.60 Å². The van der Waals surface area contributed by atoms with Crippen LogP contribution in [0.15, 0.2) is 0 Å². The Morgan fingerprint density at radius 2 is 0.688 bits per heavy atom. The number of methoxy groups -OCH3 is 1. The van der Waals surface area contributed by atoms with Gasteiger partial charge < -0.3 is 4.74 Å². The summed E-state index contributed by atoms with van der Waals surface area (Å²) in [5, 5.41) is 0. The van der Waals surface area contributed by atoms with Crippen LogP contribution in [0.4, 0.5) is 0 Å². The number of rotatable bonds is 26. The second-order valence-electron chi connectivity index (χ2n) is 11.2. The third kappa shape index (κ3) is 20.6. The van der Waals surface area contributed by atoms with Crippen molar-refractivity contribution in [2.75, 3.05) is 7.11 Å². The number of hydrogen-bond donors (Lipinski definition) is 0. The molecule has 0 aromatic heterocycles. The molecule has 194 valence electrons. The summed E-state index contributed by atoms with van der Waals surface area (Å²) in [6.07, 6.45) is 34.3. The Hall–Kier alpha value is -0.0400. The van der Waals surface area contributed by atoms with Gasteiger partial charge in [-0.1, -0.05) is 155 Å². The van der Waals surface area contributed by atoms with Crippen LogP contribution < -0.4 is 0 Å². The highest BCUT2D eigenvalue weighted by molar-refractivity contribution is 4.79. The third-order valence-electron chi connectivity index (χ3n) is 7.82. The highest BCUT2D eigenvalue weighted by Gasteiger charge is 2.28. The molecule has 0 rings (SSSR count). The molecule has 32 heavy (non-hydrogen) atoms. The summed E-state index contributed by atoms with van der Waals surface area (Å²) in [5.74, 6) is 0.727. The molecule has 0 aliphatic rings. The highest BCUT2D eigenvalue weighted by Crippen LogP contribution is 2.31. The van der Waals surface area contributed by atoms with Gasteiger partial charge in [-0.25, -0.2) is 0 Å². The van der Waals surface area contributed by atoms with Gasteiger partial charge in [-0.3, -0.25) is 0 Å². The molecule has 1 atom stereocenters. The fourth-order valence-corrected chi connectivity index (χ4v) is 5.12. The smallest absolute Gasteiger partial charge is 0.0650 e. The van der Waals surface area contributed by atoms with Crippen LogP contribution in [-0.4, -0.2) is 12.7 Å². The first kappa shape index (κ1) is 32.0. The lowest BCUT2D eigenvalue weighted by Crippen LogP contribution is -2.33. The number of unbranched alkanes of at least 4 members (excludes halogenated alkanes) is 20. The molecule has 0 aliphatic heterocycles. The molecule has 0 amide bonds. The molecule has 0 N–H and O–H groups in total. The van der Waals surface area contributed by atoms with E-state index < -0.39 is 0 Å². The normalized spacial score (nSPS) is 13.0. The van der Waals surface area contributed by atoms with E-state index in [2.05, 4.69) is 27.7 Å². The zero-order valence-corrected chi connectivity index (χ0v) is 23.5. The predicted molar refractivity (Wildman–Crippen MR) is 147 cm³/mol. The molecule has 1 nitrogen and oxygen atoms in total. The SMILES string of the molecule is CCCCCCCCCCCCCCCCCCC(CCCCCCCC)C(C)(C)OC. The van der Waals surface area contributed by atoms with E-state index in [1.807, 2.05) is 7.11 Å².